The summed E-state index contributed by atoms with van der Waals surface area (Å²) in [4.78, 5) is 13.9. The third-order valence-corrected chi connectivity index (χ3v) is 6.51. The van der Waals surface area contributed by atoms with Crippen LogP contribution in [0.5, 0.6) is 5.75 Å². The highest BCUT2D eigenvalue weighted by Gasteiger charge is 2.49. The van der Waals surface area contributed by atoms with Crippen molar-refractivity contribution in [1.82, 2.24) is 4.90 Å². The number of ether oxygens (including phenoxy) is 1. The zero-order chi connectivity index (χ0) is 16.2. The molecule has 2 fully saturated rings. The van der Waals surface area contributed by atoms with Gasteiger partial charge in [0.15, 0.2) is 0 Å². The van der Waals surface area contributed by atoms with Gasteiger partial charge in [0, 0.05) is 19.0 Å². The van der Waals surface area contributed by atoms with Crippen LogP contribution in [-0.2, 0) is 21.4 Å². The van der Waals surface area contributed by atoms with Gasteiger partial charge >= 0.3 is 5.97 Å². The Morgan fingerprint density at radius 2 is 2.26 bits per heavy atom. The smallest absolute Gasteiger partial charge is 0.306 e. The molecule has 0 saturated carbocycles. The monoisotopic (exact) mass is 315 g/mol. The van der Waals surface area contributed by atoms with Crippen LogP contribution in [0.3, 0.4) is 0 Å². The van der Waals surface area contributed by atoms with E-state index in [0.717, 1.165) is 32.4 Å². The van der Waals surface area contributed by atoms with Crippen LogP contribution >= 0.6 is 0 Å². The molecule has 3 aliphatic rings. The fraction of sp³-hybridized carbons (Fsp3) is 0.632. The van der Waals surface area contributed by atoms with Crippen molar-refractivity contribution in [2.75, 3.05) is 13.1 Å². The van der Waals surface area contributed by atoms with E-state index in [0.29, 0.717) is 24.1 Å². The van der Waals surface area contributed by atoms with Gasteiger partial charge in [-0.25, -0.2) is 0 Å². The van der Waals surface area contributed by atoms with Crippen molar-refractivity contribution in [1.29, 1.82) is 0 Å². The van der Waals surface area contributed by atoms with Crippen LogP contribution in [-0.4, -0.2) is 41.2 Å². The molecule has 4 heteroatoms. The number of hydrogen-bond donors (Lipinski definition) is 1. The normalized spacial score (nSPS) is 36.6. The first-order valence-electron chi connectivity index (χ1n) is 8.73. The molecule has 2 heterocycles. The standard InChI is InChI=1S/C19H25NO3/c1-12-17-9-13-3-4-14(21)10-16(13)19(12,2)7-8-20(17)11-15-5-6-18(22)23-15/h3-4,10,12,15,17,21H,5-9,11H2,1-2H3/t12-,15+,17+,19-/m0/s1. The van der Waals surface area contributed by atoms with E-state index >= 15 is 0 Å². The van der Waals surface area contributed by atoms with Gasteiger partial charge in [-0.15, -0.1) is 0 Å². The lowest BCUT2D eigenvalue weighted by Crippen LogP contribution is -2.59. The number of aromatic hydroxyl groups is 1. The average molecular weight is 315 g/mol. The molecule has 23 heavy (non-hydrogen) atoms. The highest BCUT2D eigenvalue weighted by Crippen LogP contribution is 2.49. The van der Waals surface area contributed by atoms with Gasteiger partial charge in [0.25, 0.3) is 0 Å². The van der Waals surface area contributed by atoms with Crippen LogP contribution in [0.15, 0.2) is 18.2 Å². The van der Waals surface area contributed by atoms with Gasteiger partial charge in [-0.2, -0.15) is 0 Å². The number of nitrogens with zero attached hydrogens (tertiary/aromatic N) is 1. The second-order valence-electron chi connectivity index (χ2n) is 7.71. The number of hydrogen-bond acceptors (Lipinski definition) is 4. The first-order chi connectivity index (χ1) is 11.0. The van der Waals surface area contributed by atoms with Crippen molar-refractivity contribution in [3.63, 3.8) is 0 Å². The number of carbonyl (C=O) groups is 1. The second-order valence-corrected chi connectivity index (χ2v) is 7.71. The maximum atomic E-state index is 11.4. The summed E-state index contributed by atoms with van der Waals surface area (Å²) in [6, 6.07) is 6.35. The van der Waals surface area contributed by atoms with E-state index in [9.17, 15) is 9.90 Å². The Balaban J connectivity index is 1.61. The first-order valence-corrected chi connectivity index (χ1v) is 8.73. The average Bonchev–Trinajstić information content (AvgIpc) is 2.92. The van der Waals surface area contributed by atoms with E-state index in [1.54, 1.807) is 6.07 Å². The summed E-state index contributed by atoms with van der Waals surface area (Å²) in [5.74, 6) is 0.855. The molecule has 2 aliphatic heterocycles. The molecular formula is C19H25NO3. The van der Waals surface area contributed by atoms with E-state index in [-0.39, 0.29) is 17.5 Å². The molecule has 2 saturated heterocycles. The second kappa shape index (κ2) is 5.23. The minimum absolute atomic E-state index is 0.0469. The van der Waals surface area contributed by atoms with E-state index in [1.807, 2.05) is 6.07 Å². The molecule has 1 aromatic rings. The Kier molecular flexibility index (Phi) is 3.41. The van der Waals surface area contributed by atoms with Crippen LogP contribution in [0.4, 0.5) is 0 Å². The molecule has 0 aromatic heterocycles. The van der Waals surface area contributed by atoms with Gasteiger partial charge < -0.3 is 9.84 Å². The minimum Gasteiger partial charge on any atom is -0.508 e. The Hall–Kier alpha value is -1.55. The number of piperidine rings is 1. The SMILES string of the molecule is C[C@H]1[C@H]2Cc3ccc(O)cc3[C@@]1(C)CCN2C[C@H]1CCC(=O)O1. The van der Waals surface area contributed by atoms with Gasteiger partial charge in [-0.05, 0) is 60.4 Å². The molecule has 1 N–H and O–H groups in total. The van der Waals surface area contributed by atoms with Gasteiger partial charge in [-0.1, -0.05) is 19.9 Å². The van der Waals surface area contributed by atoms with Crippen LogP contribution in [0.1, 0.15) is 44.2 Å². The molecule has 1 aromatic carbocycles. The quantitative estimate of drug-likeness (QED) is 0.852. The molecule has 4 rings (SSSR count). The Morgan fingerprint density at radius 3 is 3.00 bits per heavy atom. The van der Waals surface area contributed by atoms with Crippen LogP contribution in [0, 0.1) is 5.92 Å². The summed E-state index contributed by atoms with van der Waals surface area (Å²) < 4.78 is 5.43. The highest BCUT2D eigenvalue weighted by molar-refractivity contribution is 5.71. The van der Waals surface area contributed by atoms with Crippen molar-refractivity contribution in [2.24, 2.45) is 5.92 Å². The maximum Gasteiger partial charge on any atom is 0.306 e. The Labute approximate surface area is 137 Å². The van der Waals surface area contributed by atoms with E-state index in [1.165, 1.54) is 11.1 Å². The molecular weight excluding hydrogens is 290 g/mol. The number of fused-ring (bicyclic) bond motifs is 4. The fourth-order valence-electron chi connectivity index (χ4n) is 4.89. The zero-order valence-electron chi connectivity index (χ0n) is 13.9. The molecule has 124 valence electrons. The maximum absolute atomic E-state index is 11.4. The van der Waals surface area contributed by atoms with Crippen molar-refractivity contribution >= 4 is 5.97 Å². The van der Waals surface area contributed by atoms with Crippen LogP contribution < -0.4 is 0 Å². The van der Waals surface area contributed by atoms with E-state index in [4.69, 9.17) is 4.74 Å². The topological polar surface area (TPSA) is 49.8 Å². The summed E-state index contributed by atoms with van der Waals surface area (Å²) in [5.41, 5.74) is 2.81. The summed E-state index contributed by atoms with van der Waals surface area (Å²) in [6.45, 7) is 6.58. The summed E-state index contributed by atoms with van der Waals surface area (Å²) in [5, 5.41) is 9.89. The van der Waals surface area contributed by atoms with Gasteiger partial charge in [-0.3, -0.25) is 9.69 Å². The molecule has 1 aliphatic carbocycles. The van der Waals surface area contributed by atoms with E-state index in [2.05, 4.69) is 24.8 Å². The number of cyclic esters (lactones) is 1. The predicted octanol–water partition coefficient (Wildman–Crippen LogP) is 2.62. The highest BCUT2D eigenvalue weighted by atomic mass is 16.5. The summed E-state index contributed by atoms with van der Waals surface area (Å²) in [7, 11) is 0. The van der Waals surface area contributed by atoms with Crippen molar-refractivity contribution in [3.8, 4) is 5.75 Å². The van der Waals surface area contributed by atoms with Crippen LogP contribution in [0.25, 0.3) is 0 Å². The molecule has 4 atom stereocenters. The minimum atomic E-state index is -0.0469. The van der Waals surface area contributed by atoms with Crippen molar-refractivity contribution < 1.29 is 14.6 Å². The summed E-state index contributed by atoms with van der Waals surface area (Å²) >= 11 is 0. The number of phenols is 1. The molecule has 0 spiro atoms. The fourth-order valence-corrected chi connectivity index (χ4v) is 4.89. The zero-order valence-corrected chi connectivity index (χ0v) is 13.9. The predicted molar refractivity (Wildman–Crippen MR) is 87.4 cm³/mol. The number of esters is 1. The molecule has 0 radical (unpaired) electrons. The third kappa shape index (κ3) is 2.35. The first kappa shape index (κ1) is 15.0. The number of phenolic OH excluding ortho intramolecular Hbond substituents is 1. The molecule has 4 nitrogen and oxygen atoms in total. The molecule has 0 amide bonds. The van der Waals surface area contributed by atoms with Crippen molar-refractivity contribution in [2.45, 2.75) is 57.1 Å². The molecule has 2 bridgehead atoms. The van der Waals surface area contributed by atoms with Gasteiger partial charge in [0.1, 0.15) is 11.9 Å². The number of rotatable bonds is 2. The van der Waals surface area contributed by atoms with Gasteiger partial charge in [0.05, 0.1) is 0 Å². The lowest BCUT2D eigenvalue weighted by atomic mass is 9.59. The lowest BCUT2D eigenvalue weighted by molar-refractivity contribution is -0.142. The number of carbonyl (C=O) groups excluding carboxylic acids is 1. The van der Waals surface area contributed by atoms with E-state index < -0.39 is 0 Å². The number of benzene rings is 1. The van der Waals surface area contributed by atoms with Crippen molar-refractivity contribution in [3.05, 3.63) is 29.3 Å². The lowest BCUT2D eigenvalue weighted by Gasteiger charge is -2.55. The third-order valence-electron chi connectivity index (χ3n) is 6.51. The van der Waals surface area contributed by atoms with Gasteiger partial charge in [0.2, 0.25) is 0 Å². The van der Waals surface area contributed by atoms with Crippen LogP contribution in [0.2, 0.25) is 0 Å². The summed E-state index contributed by atoms with van der Waals surface area (Å²) in [6.07, 6.45) is 3.60. The molecule has 0 unspecified atom stereocenters. The Morgan fingerprint density at radius 1 is 1.43 bits per heavy atom. The largest absolute Gasteiger partial charge is 0.508 e. The Bertz CT molecular complexity index is 644. The number of likely N-dealkylation sites (tertiary alicyclic amines) is 1.